The molecule has 0 aliphatic carbocycles. The highest BCUT2D eigenvalue weighted by Gasteiger charge is 2.35. The summed E-state index contributed by atoms with van der Waals surface area (Å²) in [5, 5.41) is 4.82. The molecule has 2 amide bonds. The zero-order valence-corrected chi connectivity index (χ0v) is 15.2. The van der Waals surface area contributed by atoms with Crippen molar-refractivity contribution in [3.05, 3.63) is 72.4 Å². The van der Waals surface area contributed by atoms with E-state index in [-0.39, 0.29) is 11.8 Å². The van der Waals surface area contributed by atoms with Crippen LogP contribution >= 0.6 is 0 Å². The fourth-order valence-electron chi connectivity index (χ4n) is 3.79. The minimum atomic E-state index is -0.633. The summed E-state index contributed by atoms with van der Waals surface area (Å²) in [5.74, 6) is -0.363. The van der Waals surface area contributed by atoms with Crippen LogP contribution in [0.15, 0.2) is 61.2 Å². The number of carbonyl (C=O) groups excluding carboxylic acids is 2. The average Bonchev–Trinajstić information content (AvgIpc) is 3.26. The molecule has 0 fully saturated rings. The summed E-state index contributed by atoms with van der Waals surface area (Å²) >= 11 is 0. The van der Waals surface area contributed by atoms with Gasteiger partial charge in [-0.15, -0.1) is 0 Å². The van der Waals surface area contributed by atoms with Crippen LogP contribution in [0.5, 0.6) is 0 Å². The zero-order valence-electron chi connectivity index (χ0n) is 15.2. The lowest BCUT2D eigenvalue weighted by Gasteiger charge is -2.24. The molecule has 5 rings (SSSR count). The van der Waals surface area contributed by atoms with Gasteiger partial charge in [-0.2, -0.15) is 0 Å². The summed E-state index contributed by atoms with van der Waals surface area (Å²) in [6.45, 7) is 2.06. The Labute approximate surface area is 160 Å². The number of fused-ring (bicyclic) bond motifs is 1. The number of amides is 2. The second-order valence-corrected chi connectivity index (χ2v) is 6.80. The number of benzene rings is 2. The maximum absolute atomic E-state index is 13.0. The topological polar surface area (TPSA) is 79.6 Å². The van der Waals surface area contributed by atoms with Crippen LogP contribution < -0.4 is 10.2 Å². The maximum Gasteiger partial charge on any atom is 0.259 e. The third kappa shape index (κ3) is 2.36. The van der Waals surface area contributed by atoms with E-state index in [9.17, 15) is 9.59 Å². The van der Waals surface area contributed by atoms with Crippen molar-refractivity contribution in [2.45, 2.75) is 19.5 Å². The van der Waals surface area contributed by atoms with Crippen LogP contribution in [0.1, 0.15) is 23.0 Å². The van der Waals surface area contributed by atoms with Crippen LogP contribution in [-0.2, 0) is 11.3 Å². The van der Waals surface area contributed by atoms with Crippen molar-refractivity contribution in [1.29, 1.82) is 0 Å². The Hall–Kier alpha value is -3.74. The lowest BCUT2D eigenvalue weighted by Crippen LogP contribution is -2.46. The van der Waals surface area contributed by atoms with E-state index in [1.807, 2.05) is 40.8 Å². The summed E-state index contributed by atoms with van der Waals surface area (Å²) < 4.78 is 1.87. The lowest BCUT2D eigenvalue weighted by molar-refractivity contribution is -0.122. The molecule has 1 aliphatic heterocycles. The highest BCUT2D eigenvalue weighted by atomic mass is 16.2. The molecule has 138 valence electrons. The minimum Gasteiger partial charge on any atom is -0.349 e. The van der Waals surface area contributed by atoms with Gasteiger partial charge in [0.25, 0.3) is 5.91 Å². The average molecular weight is 371 g/mol. The molecule has 0 radical (unpaired) electrons. The van der Waals surface area contributed by atoms with Crippen molar-refractivity contribution in [2.24, 2.45) is 0 Å². The number of anilines is 1. The Morgan fingerprint density at radius 3 is 2.86 bits per heavy atom. The van der Waals surface area contributed by atoms with Crippen LogP contribution in [0.25, 0.3) is 16.4 Å². The van der Waals surface area contributed by atoms with Crippen molar-refractivity contribution in [3.63, 3.8) is 0 Å². The molecule has 1 N–H and O–H groups in total. The van der Waals surface area contributed by atoms with Crippen LogP contribution in [0, 0.1) is 0 Å². The van der Waals surface area contributed by atoms with E-state index in [0.717, 1.165) is 27.8 Å². The number of imidazole rings is 1. The number of nitrogens with one attached hydrogen (secondary N) is 1. The molecule has 0 saturated carbocycles. The molecule has 0 saturated heterocycles. The Bertz CT molecular complexity index is 1240. The van der Waals surface area contributed by atoms with Gasteiger partial charge in [0.2, 0.25) is 5.91 Å². The Balaban J connectivity index is 1.39. The van der Waals surface area contributed by atoms with Crippen molar-refractivity contribution in [2.75, 3.05) is 4.90 Å². The first-order valence-corrected chi connectivity index (χ1v) is 9.04. The first-order chi connectivity index (χ1) is 13.6. The standard InChI is InChI=1S/C21H17N5O2/c1-13(20(27)24-11-15-10-23-18-12-22-8-9-25(15)18)26-17-7-3-5-14-4-2-6-16(19(14)17)21(26)28/h2-10,12-13H,11H2,1H3,(H,24,27). The fraction of sp³-hybridized carbons (Fsp3) is 0.143. The van der Waals surface area contributed by atoms with E-state index in [1.54, 1.807) is 36.6 Å². The third-order valence-corrected chi connectivity index (χ3v) is 5.20. The quantitative estimate of drug-likeness (QED) is 0.598. The van der Waals surface area contributed by atoms with E-state index in [4.69, 9.17) is 0 Å². The molecule has 2 aromatic carbocycles. The number of aromatic nitrogens is 3. The second-order valence-electron chi connectivity index (χ2n) is 6.80. The predicted octanol–water partition coefficient (Wildman–Crippen LogP) is 2.55. The molecule has 0 bridgehead atoms. The van der Waals surface area contributed by atoms with Gasteiger partial charge < -0.3 is 5.32 Å². The lowest BCUT2D eigenvalue weighted by atomic mass is 10.1. The normalized spacial score (nSPS) is 14.0. The van der Waals surface area contributed by atoms with Crippen molar-refractivity contribution >= 4 is 33.9 Å². The molecular weight excluding hydrogens is 354 g/mol. The van der Waals surface area contributed by atoms with Gasteiger partial charge in [-0.3, -0.25) is 23.9 Å². The van der Waals surface area contributed by atoms with Gasteiger partial charge in [-0.05, 0) is 24.4 Å². The number of carbonyl (C=O) groups is 2. The van der Waals surface area contributed by atoms with E-state index >= 15 is 0 Å². The molecule has 4 aromatic rings. The molecule has 28 heavy (non-hydrogen) atoms. The van der Waals surface area contributed by atoms with Crippen LogP contribution in [0.4, 0.5) is 5.69 Å². The molecular formula is C21H17N5O2. The van der Waals surface area contributed by atoms with Crippen LogP contribution in [-0.4, -0.2) is 32.2 Å². The number of nitrogens with zero attached hydrogens (tertiary/aromatic N) is 4. The number of hydrogen-bond acceptors (Lipinski definition) is 4. The molecule has 2 aromatic heterocycles. The van der Waals surface area contributed by atoms with Crippen LogP contribution in [0.3, 0.4) is 0 Å². The zero-order chi connectivity index (χ0) is 19.3. The Kier molecular flexibility index (Phi) is 3.61. The monoisotopic (exact) mass is 371 g/mol. The van der Waals surface area contributed by atoms with Gasteiger partial charge >= 0.3 is 0 Å². The number of hydrogen-bond donors (Lipinski definition) is 1. The van der Waals surface area contributed by atoms with E-state index in [2.05, 4.69) is 15.3 Å². The van der Waals surface area contributed by atoms with Gasteiger partial charge in [0.05, 0.1) is 30.3 Å². The van der Waals surface area contributed by atoms with Crippen molar-refractivity contribution in [1.82, 2.24) is 19.7 Å². The van der Waals surface area contributed by atoms with E-state index in [1.165, 1.54) is 0 Å². The van der Waals surface area contributed by atoms with Crippen molar-refractivity contribution < 1.29 is 9.59 Å². The van der Waals surface area contributed by atoms with E-state index in [0.29, 0.717) is 12.1 Å². The molecule has 7 nitrogen and oxygen atoms in total. The maximum atomic E-state index is 13.0. The Morgan fingerprint density at radius 2 is 2.00 bits per heavy atom. The second kappa shape index (κ2) is 6.16. The summed E-state index contributed by atoms with van der Waals surface area (Å²) in [4.78, 5) is 35.7. The molecule has 3 heterocycles. The smallest absolute Gasteiger partial charge is 0.259 e. The largest absolute Gasteiger partial charge is 0.349 e. The highest BCUT2D eigenvalue weighted by molar-refractivity contribution is 6.26. The molecule has 0 spiro atoms. The minimum absolute atomic E-state index is 0.143. The number of rotatable bonds is 4. The SMILES string of the molecule is CC(C(=O)NCc1cnc2cnccn12)N1C(=O)c2cccc3cccc1c23. The van der Waals surface area contributed by atoms with Crippen molar-refractivity contribution in [3.8, 4) is 0 Å². The predicted molar refractivity (Wildman–Crippen MR) is 105 cm³/mol. The summed E-state index contributed by atoms with van der Waals surface area (Å²) in [7, 11) is 0. The molecule has 1 aliphatic rings. The summed E-state index contributed by atoms with van der Waals surface area (Å²) in [6, 6.07) is 10.8. The van der Waals surface area contributed by atoms with Gasteiger partial charge in [-0.1, -0.05) is 24.3 Å². The first kappa shape index (κ1) is 16.4. The molecule has 1 atom stereocenters. The molecule has 7 heteroatoms. The van der Waals surface area contributed by atoms with Gasteiger partial charge in [0.15, 0.2) is 5.65 Å². The first-order valence-electron chi connectivity index (χ1n) is 9.04. The Morgan fingerprint density at radius 1 is 1.18 bits per heavy atom. The van der Waals surface area contributed by atoms with E-state index < -0.39 is 6.04 Å². The highest BCUT2D eigenvalue weighted by Crippen LogP contribution is 2.38. The summed E-state index contributed by atoms with van der Waals surface area (Å²) in [5.41, 5.74) is 2.98. The molecule has 1 unspecified atom stereocenters. The van der Waals surface area contributed by atoms with Gasteiger partial charge in [0, 0.05) is 23.3 Å². The van der Waals surface area contributed by atoms with Gasteiger partial charge in [-0.25, -0.2) is 4.98 Å². The van der Waals surface area contributed by atoms with Crippen LogP contribution in [0.2, 0.25) is 0 Å². The summed E-state index contributed by atoms with van der Waals surface area (Å²) in [6.07, 6.45) is 6.84. The van der Waals surface area contributed by atoms with Gasteiger partial charge in [0.1, 0.15) is 6.04 Å². The third-order valence-electron chi connectivity index (χ3n) is 5.20. The fourth-order valence-corrected chi connectivity index (χ4v) is 3.79.